The van der Waals surface area contributed by atoms with Crippen LogP contribution in [0.3, 0.4) is 0 Å². The van der Waals surface area contributed by atoms with Crippen molar-refractivity contribution in [2.45, 2.75) is 52.0 Å². The van der Waals surface area contributed by atoms with E-state index in [2.05, 4.69) is 10.6 Å². The lowest BCUT2D eigenvalue weighted by Gasteiger charge is -2.24. The van der Waals surface area contributed by atoms with E-state index in [1.807, 2.05) is 6.92 Å². The summed E-state index contributed by atoms with van der Waals surface area (Å²) in [6.07, 6.45) is 5.34. The first kappa shape index (κ1) is 14.2. The normalized spacial score (nSPS) is 21.8. The van der Waals surface area contributed by atoms with Crippen molar-refractivity contribution in [1.29, 1.82) is 0 Å². The van der Waals surface area contributed by atoms with Crippen molar-refractivity contribution in [3.05, 3.63) is 0 Å². The Kier molecular flexibility index (Phi) is 4.02. The van der Waals surface area contributed by atoms with Crippen molar-refractivity contribution in [3.63, 3.8) is 0 Å². The van der Waals surface area contributed by atoms with Gasteiger partial charge in [-0.1, -0.05) is 6.92 Å². The summed E-state index contributed by atoms with van der Waals surface area (Å²) >= 11 is 0. The molecular weight excluding hydrogens is 244 g/mol. The molecule has 3 N–H and O–H groups in total. The third kappa shape index (κ3) is 3.61. The molecule has 0 aromatic rings. The fraction of sp³-hybridized carbons (Fsp3) is 0.857. The maximum absolute atomic E-state index is 11.9. The molecule has 0 heterocycles. The molecule has 19 heavy (non-hydrogen) atoms. The fourth-order valence-corrected chi connectivity index (χ4v) is 2.36. The number of urea groups is 1. The zero-order valence-corrected chi connectivity index (χ0v) is 11.7. The second-order valence-electron chi connectivity index (χ2n) is 6.25. The predicted octanol–water partition coefficient (Wildman–Crippen LogP) is 1.98. The minimum Gasteiger partial charge on any atom is -0.481 e. The molecule has 2 fully saturated rings. The lowest BCUT2D eigenvalue weighted by molar-refractivity contribution is -0.147. The van der Waals surface area contributed by atoms with Gasteiger partial charge in [0, 0.05) is 12.6 Å². The number of carboxylic acid groups (broad SMARTS) is 1. The molecule has 0 bridgehead atoms. The highest BCUT2D eigenvalue weighted by atomic mass is 16.4. The molecular formula is C14H24N2O3. The summed E-state index contributed by atoms with van der Waals surface area (Å²) in [6, 6.07) is 0.0856. The van der Waals surface area contributed by atoms with E-state index >= 15 is 0 Å². The number of carbonyl (C=O) groups excluding carboxylic acids is 1. The Morgan fingerprint density at radius 2 is 1.79 bits per heavy atom. The Balaban J connectivity index is 1.78. The molecule has 2 aliphatic carbocycles. The largest absolute Gasteiger partial charge is 0.481 e. The molecule has 0 aliphatic heterocycles. The summed E-state index contributed by atoms with van der Waals surface area (Å²) < 4.78 is 0. The summed E-state index contributed by atoms with van der Waals surface area (Å²) in [6.45, 7) is 3.66. The standard InChI is InChI=1S/C14H24N2O3/c1-3-14(2,12(17)18)8-15-13(19)16-11(9-4-5-9)10-6-7-10/h9-11H,3-8H2,1-2H3,(H,17,18)(H2,15,16,19). The van der Waals surface area contributed by atoms with Gasteiger partial charge in [-0.15, -0.1) is 0 Å². The summed E-state index contributed by atoms with van der Waals surface area (Å²) in [5.41, 5.74) is -0.883. The van der Waals surface area contributed by atoms with E-state index in [1.165, 1.54) is 25.7 Å². The van der Waals surface area contributed by atoms with Gasteiger partial charge in [0.05, 0.1) is 5.41 Å². The van der Waals surface area contributed by atoms with Crippen LogP contribution < -0.4 is 10.6 Å². The first-order valence-electron chi connectivity index (χ1n) is 7.24. The van der Waals surface area contributed by atoms with Gasteiger partial charge in [-0.25, -0.2) is 4.79 Å². The Morgan fingerprint density at radius 1 is 1.26 bits per heavy atom. The van der Waals surface area contributed by atoms with E-state index < -0.39 is 11.4 Å². The van der Waals surface area contributed by atoms with E-state index in [1.54, 1.807) is 6.92 Å². The van der Waals surface area contributed by atoms with Gasteiger partial charge in [0.15, 0.2) is 0 Å². The monoisotopic (exact) mass is 268 g/mol. The van der Waals surface area contributed by atoms with Crippen molar-refractivity contribution >= 4 is 12.0 Å². The van der Waals surface area contributed by atoms with E-state index in [0.29, 0.717) is 24.3 Å². The zero-order chi connectivity index (χ0) is 14.0. The Labute approximate surface area is 114 Å². The molecule has 2 aliphatic rings. The van der Waals surface area contributed by atoms with Crippen LogP contribution in [0, 0.1) is 17.3 Å². The van der Waals surface area contributed by atoms with Crippen molar-refractivity contribution in [2.24, 2.45) is 17.3 Å². The third-order valence-electron chi connectivity index (χ3n) is 4.49. The second kappa shape index (κ2) is 5.39. The topological polar surface area (TPSA) is 78.4 Å². The highest BCUT2D eigenvalue weighted by molar-refractivity contribution is 5.78. The van der Waals surface area contributed by atoms with Crippen LogP contribution in [-0.2, 0) is 4.79 Å². The summed E-state index contributed by atoms with van der Waals surface area (Å²) in [5, 5.41) is 14.9. The number of carbonyl (C=O) groups is 2. The molecule has 1 atom stereocenters. The molecule has 2 saturated carbocycles. The molecule has 2 amide bonds. The van der Waals surface area contributed by atoms with E-state index in [-0.39, 0.29) is 12.6 Å². The predicted molar refractivity (Wildman–Crippen MR) is 71.8 cm³/mol. The first-order chi connectivity index (χ1) is 8.96. The van der Waals surface area contributed by atoms with Crippen molar-refractivity contribution in [1.82, 2.24) is 10.6 Å². The summed E-state index contributed by atoms with van der Waals surface area (Å²) in [4.78, 5) is 23.0. The molecule has 1 unspecified atom stereocenters. The molecule has 0 aromatic carbocycles. The van der Waals surface area contributed by atoms with Crippen LogP contribution >= 0.6 is 0 Å². The minimum absolute atomic E-state index is 0.173. The second-order valence-corrected chi connectivity index (χ2v) is 6.25. The Hall–Kier alpha value is -1.26. The van der Waals surface area contributed by atoms with Crippen molar-refractivity contribution < 1.29 is 14.7 Å². The fourth-order valence-electron chi connectivity index (χ4n) is 2.36. The number of aliphatic carboxylic acids is 1. The van der Waals surface area contributed by atoms with Crippen LogP contribution in [0.15, 0.2) is 0 Å². The first-order valence-corrected chi connectivity index (χ1v) is 7.24. The smallest absolute Gasteiger partial charge is 0.315 e. The molecule has 0 saturated heterocycles. The van der Waals surface area contributed by atoms with Crippen LogP contribution in [0.5, 0.6) is 0 Å². The van der Waals surface area contributed by atoms with Crippen LogP contribution in [0.25, 0.3) is 0 Å². The van der Waals surface area contributed by atoms with Crippen LogP contribution in [-0.4, -0.2) is 29.7 Å². The van der Waals surface area contributed by atoms with E-state index in [0.717, 1.165) is 0 Å². The molecule has 2 rings (SSSR count). The summed E-state index contributed by atoms with van der Waals surface area (Å²) in [5.74, 6) is 0.432. The maximum atomic E-state index is 11.9. The number of carboxylic acids is 1. The van der Waals surface area contributed by atoms with Crippen LogP contribution in [0.2, 0.25) is 0 Å². The molecule has 0 radical (unpaired) electrons. The molecule has 0 aromatic heterocycles. The highest BCUT2D eigenvalue weighted by Gasteiger charge is 2.42. The van der Waals surface area contributed by atoms with E-state index in [4.69, 9.17) is 5.11 Å². The molecule has 5 heteroatoms. The van der Waals surface area contributed by atoms with Gasteiger partial charge in [-0.2, -0.15) is 0 Å². The average molecular weight is 268 g/mol. The quantitative estimate of drug-likeness (QED) is 0.660. The van der Waals surface area contributed by atoms with Crippen molar-refractivity contribution in [2.75, 3.05) is 6.54 Å². The molecule has 108 valence electrons. The Bertz CT molecular complexity index is 352. The highest BCUT2D eigenvalue weighted by Crippen LogP contribution is 2.44. The van der Waals surface area contributed by atoms with Crippen LogP contribution in [0.4, 0.5) is 4.79 Å². The van der Waals surface area contributed by atoms with Gasteiger partial charge in [0.2, 0.25) is 0 Å². The van der Waals surface area contributed by atoms with Crippen LogP contribution in [0.1, 0.15) is 46.0 Å². The maximum Gasteiger partial charge on any atom is 0.315 e. The lowest BCUT2D eigenvalue weighted by Crippen LogP contribution is -2.48. The van der Waals surface area contributed by atoms with Gasteiger partial charge in [0.25, 0.3) is 0 Å². The third-order valence-corrected chi connectivity index (χ3v) is 4.49. The van der Waals surface area contributed by atoms with E-state index in [9.17, 15) is 9.59 Å². The number of rotatable bonds is 7. The summed E-state index contributed by atoms with van der Waals surface area (Å²) in [7, 11) is 0. The lowest BCUT2D eigenvalue weighted by atomic mass is 9.88. The minimum atomic E-state index is -0.883. The van der Waals surface area contributed by atoms with Gasteiger partial charge in [0.1, 0.15) is 0 Å². The number of amides is 2. The Morgan fingerprint density at radius 3 is 2.16 bits per heavy atom. The number of nitrogens with one attached hydrogen (secondary N) is 2. The number of hydrogen-bond acceptors (Lipinski definition) is 2. The molecule has 5 nitrogen and oxygen atoms in total. The van der Waals surface area contributed by atoms with Gasteiger partial charge >= 0.3 is 12.0 Å². The number of hydrogen-bond donors (Lipinski definition) is 3. The van der Waals surface area contributed by atoms with Gasteiger partial charge in [-0.3, -0.25) is 4.79 Å². The van der Waals surface area contributed by atoms with Gasteiger partial charge < -0.3 is 15.7 Å². The van der Waals surface area contributed by atoms with Gasteiger partial charge in [-0.05, 0) is 50.9 Å². The molecule has 0 spiro atoms. The SMILES string of the molecule is CCC(C)(CNC(=O)NC(C1CC1)C1CC1)C(=O)O. The average Bonchev–Trinajstić information content (AvgIpc) is 3.25. The zero-order valence-electron chi connectivity index (χ0n) is 11.7. The van der Waals surface area contributed by atoms with Crippen molar-refractivity contribution in [3.8, 4) is 0 Å².